The number of aromatic nitrogens is 3. The van der Waals surface area contributed by atoms with Crippen molar-refractivity contribution in [3.05, 3.63) is 83.4 Å². The molecule has 1 saturated heterocycles. The van der Waals surface area contributed by atoms with E-state index >= 15 is 0 Å². The number of hydrogen-bond donors (Lipinski definition) is 0. The Balaban J connectivity index is 1.59. The van der Waals surface area contributed by atoms with Gasteiger partial charge in [0.25, 0.3) is 0 Å². The molecule has 6 nitrogen and oxygen atoms in total. The number of benzene rings is 2. The number of anilines is 1. The number of nitrogens with zero attached hydrogens (tertiary/aromatic N) is 4. The van der Waals surface area contributed by atoms with Crippen molar-refractivity contribution in [2.75, 3.05) is 18.0 Å². The minimum atomic E-state index is -0.355. The molecule has 0 atom stereocenters. The molecule has 1 fully saturated rings. The third kappa shape index (κ3) is 4.01. The van der Waals surface area contributed by atoms with Gasteiger partial charge in [-0.25, -0.2) is 9.36 Å². The largest absolute Gasteiger partial charge is 0.434 e. The Hall–Kier alpha value is -3.67. The van der Waals surface area contributed by atoms with E-state index in [9.17, 15) is 4.79 Å². The molecule has 5 rings (SSSR count). The normalized spacial score (nSPS) is 14.4. The summed E-state index contributed by atoms with van der Waals surface area (Å²) >= 11 is 0. The highest BCUT2D eigenvalue weighted by Gasteiger charge is 2.20. The lowest BCUT2D eigenvalue weighted by atomic mass is 10.2. The maximum Gasteiger partial charge on any atom is 0.355 e. The number of rotatable bonds is 4. The van der Waals surface area contributed by atoms with E-state index in [1.54, 1.807) is 6.20 Å². The summed E-state index contributed by atoms with van der Waals surface area (Å²) in [5.74, 6) is 2.20. The quantitative estimate of drug-likeness (QED) is 0.475. The van der Waals surface area contributed by atoms with Crippen LogP contribution >= 0.6 is 0 Å². The van der Waals surface area contributed by atoms with Gasteiger partial charge in [0.15, 0.2) is 11.6 Å². The van der Waals surface area contributed by atoms with Gasteiger partial charge >= 0.3 is 5.69 Å². The maximum absolute atomic E-state index is 13.0. The summed E-state index contributed by atoms with van der Waals surface area (Å²) in [6.45, 7) is 1.88. The minimum absolute atomic E-state index is 0.355. The van der Waals surface area contributed by atoms with Crippen LogP contribution in [0.2, 0.25) is 0 Å². The van der Waals surface area contributed by atoms with E-state index in [-0.39, 0.29) is 5.69 Å². The molecule has 0 aliphatic carbocycles. The second-order valence-corrected chi connectivity index (χ2v) is 7.74. The van der Waals surface area contributed by atoms with Gasteiger partial charge in [-0.1, -0.05) is 61.4 Å². The van der Waals surface area contributed by atoms with E-state index in [4.69, 9.17) is 4.42 Å². The van der Waals surface area contributed by atoms with Crippen LogP contribution in [0, 0.1) is 0 Å². The Kier molecular flexibility index (Phi) is 5.35. The Morgan fingerprint density at radius 1 is 0.742 bits per heavy atom. The Labute approximate surface area is 180 Å². The summed E-state index contributed by atoms with van der Waals surface area (Å²) in [7, 11) is 0. The van der Waals surface area contributed by atoms with Gasteiger partial charge in [0.2, 0.25) is 5.89 Å². The predicted molar refractivity (Wildman–Crippen MR) is 121 cm³/mol. The van der Waals surface area contributed by atoms with Gasteiger partial charge in [-0.05, 0) is 31.0 Å². The Bertz CT molecular complexity index is 1210. The molecule has 6 heteroatoms. The summed E-state index contributed by atoms with van der Waals surface area (Å²) in [4.78, 5) is 24.3. The van der Waals surface area contributed by atoms with Crippen LogP contribution in [0.25, 0.3) is 28.6 Å². The third-order valence-electron chi connectivity index (χ3n) is 5.61. The molecule has 0 unspecified atom stereocenters. The average molecular weight is 412 g/mol. The maximum atomic E-state index is 13.0. The summed E-state index contributed by atoms with van der Waals surface area (Å²) in [6.07, 6.45) is 6.48. The van der Waals surface area contributed by atoms with E-state index < -0.39 is 0 Å². The van der Waals surface area contributed by atoms with E-state index in [0.717, 1.165) is 42.9 Å². The molecular formula is C25H24N4O2. The van der Waals surface area contributed by atoms with Crippen molar-refractivity contribution in [1.82, 2.24) is 14.5 Å². The van der Waals surface area contributed by atoms with Crippen LogP contribution < -0.4 is 10.6 Å². The highest BCUT2D eigenvalue weighted by atomic mass is 16.4. The zero-order valence-electron chi connectivity index (χ0n) is 17.3. The van der Waals surface area contributed by atoms with Crippen molar-refractivity contribution >= 4 is 5.82 Å². The number of hydrogen-bond acceptors (Lipinski definition) is 5. The lowest BCUT2D eigenvalue weighted by Gasteiger charge is -2.21. The predicted octanol–water partition coefficient (Wildman–Crippen LogP) is 4.93. The first-order valence-electron chi connectivity index (χ1n) is 10.8. The van der Waals surface area contributed by atoms with Crippen LogP contribution in [0.3, 0.4) is 0 Å². The fourth-order valence-corrected chi connectivity index (χ4v) is 3.99. The topological polar surface area (TPSA) is 64.2 Å². The van der Waals surface area contributed by atoms with E-state index in [0.29, 0.717) is 17.5 Å². The van der Waals surface area contributed by atoms with Crippen molar-refractivity contribution in [1.29, 1.82) is 0 Å². The third-order valence-corrected chi connectivity index (χ3v) is 5.61. The summed E-state index contributed by atoms with van der Waals surface area (Å²) in [5.41, 5.74) is 1.36. The fraction of sp³-hybridized carbons (Fsp3) is 0.240. The highest BCUT2D eigenvalue weighted by molar-refractivity contribution is 5.69. The molecule has 0 saturated carbocycles. The molecule has 156 valence electrons. The molecule has 0 N–H and O–H groups in total. The summed E-state index contributed by atoms with van der Waals surface area (Å²) in [5, 5.41) is 0. The molecule has 0 bridgehead atoms. The summed E-state index contributed by atoms with van der Waals surface area (Å²) in [6, 6.07) is 21.3. The second-order valence-electron chi connectivity index (χ2n) is 7.74. The van der Waals surface area contributed by atoms with Gasteiger partial charge in [0.05, 0.1) is 0 Å². The summed E-state index contributed by atoms with van der Waals surface area (Å²) < 4.78 is 7.62. The first-order valence-corrected chi connectivity index (χ1v) is 10.8. The zero-order valence-corrected chi connectivity index (χ0v) is 17.3. The van der Waals surface area contributed by atoms with Crippen LogP contribution in [0.15, 0.2) is 82.1 Å². The molecule has 2 aromatic carbocycles. The monoisotopic (exact) mass is 412 g/mol. The van der Waals surface area contributed by atoms with Crippen LogP contribution in [-0.4, -0.2) is 27.6 Å². The SMILES string of the molecule is O=c1nc(N2CCCCCC2)ccn1-c1nc(-c2ccccc2)oc1-c1ccccc1. The van der Waals surface area contributed by atoms with Gasteiger partial charge in [0.1, 0.15) is 5.82 Å². The van der Waals surface area contributed by atoms with Crippen molar-refractivity contribution in [2.45, 2.75) is 25.7 Å². The lowest BCUT2D eigenvalue weighted by Crippen LogP contribution is -2.30. The molecule has 0 amide bonds. The van der Waals surface area contributed by atoms with Crippen LogP contribution in [0.5, 0.6) is 0 Å². The molecule has 0 spiro atoms. The lowest BCUT2D eigenvalue weighted by molar-refractivity contribution is 0.588. The fourth-order valence-electron chi connectivity index (χ4n) is 3.99. The Morgan fingerprint density at radius 3 is 2.03 bits per heavy atom. The minimum Gasteiger partial charge on any atom is -0.434 e. The highest BCUT2D eigenvalue weighted by Crippen LogP contribution is 2.31. The molecule has 1 aliphatic rings. The zero-order chi connectivity index (χ0) is 21.0. The van der Waals surface area contributed by atoms with Crippen molar-refractivity contribution < 1.29 is 4.42 Å². The van der Waals surface area contributed by atoms with Gasteiger partial charge < -0.3 is 9.32 Å². The van der Waals surface area contributed by atoms with Crippen LogP contribution in [0.1, 0.15) is 25.7 Å². The van der Waals surface area contributed by atoms with E-state index in [1.165, 1.54) is 17.4 Å². The first kappa shape index (κ1) is 19.3. The first-order chi connectivity index (χ1) is 15.3. The molecule has 0 radical (unpaired) electrons. The van der Waals surface area contributed by atoms with E-state index in [1.807, 2.05) is 66.7 Å². The van der Waals surface area contributed by atoms with Crippen molar-refractivity contribution in [3.8, 4) is 28.6 Å². The molecule has 31 heavy (non-hydrogen) atoms. The van der Waals surface area contributed by atoms with Crippen LogP contribution in [0.4, 0.5) is 5.82 Å². The molecule has 3 heterocycles. The van der Waals surface area contributed by atoms with Gasteiger partial charge in [-0.15, -0.1) is 0 Å². The van der Waals surface area contributed by atoms with Gasteiger partial charge in [0, 0.05) is 30.4 Å². The average Bonchev–Trinajstić information content (AvgIpc) is 3.07. The van der Waals surface area contributed by atoms with Crippen LogP contribution in [-0.2, 0) is 0 Å². The van der Waals surface area contributed by atoms with Crippen molar-refractivity contribution in [3.63, 3.8) is 0 Å². The Morgan fingerprint density at radius 2 is 1.39 bits per heavy atom. The standard InChI is InChI=1S/C25H24N4O2/c30-25-26-21(28-16-9-1-2-10-17-28)15-18-29(25)23-22(19-11-5-3-6-12-19)31-24(27-23)20-13-7-4-8-14-20/h3-8,11-15,18H,1-2,9-10,16-17H2. The second kappa shape index (κ2) is 8.60. The molecule has 4 aromatic rings. The smallest absolute Gasteiger partial charge is 0.355 e. The molecular weight excluding hydrogens is 388 g/mol. The number of oxazole rings is 1. The molecule has 1 aliphatic heterocycles. The van der Waals surface area contributed by atoms with Gasteiger partial charge in [-0.2, -0.15) is 9.97 Å². The van der Waals surface area contributed by atoms with Gasteiger partial charge in [-0.3, -0.25) is 0 Å². The molecule has 2 aromatic heterocycles. The van der Waals surface area contributed by atoms with E-state index in [2.05, 4.69) is 14.9 Å². The van der Waals surface area contributed by atoms with Crippen molar-refractivity contribution in [2.24, 2.45) is 0 Å².